The fraction of sp³-hybridized carbons (Fsp3) is 0.895. The van der Waals surface area contributed by atoms with Gasteiger partial charge in [0.2, 0.25) is 0 Å². The largest absolute Gasteiger partial charge is 0.474 e. The molecule has 0 aromatic carbocycles. The average Bonchev–Trinajstić information content (AvgIpc) is 2.70. The van der Waals surface area contributed by atoms with E-state index in [4.69, 9.17) is 13.6 Å². The highest BCUT2D eigenvalue weighted by molar-refractivity contribution is 8.17. The molecule has 0 radical (unpaired) electrons. The van der Waals surface area contributed by atoms with Crippen molar-refractivity contribution in [2.75, 3.05) is 26.6 Å². The molecule has 0 saturated carbocycles. The summed E-state index contributed by atoms with van der Waals surface area (Å²) in [5.41, 5.74) is 0. The van der Waals surface area contributed by atoms with E-state index in [1.165, 1.54) is 37.7 Å². The number of hydrogen-bond acceptors (Lipinski definition) is 8. The number of phosphoric ester groups is 1. The lowest BCUT2D eigenvalue weighted by Crippen LogP contribution is -2.18. The topological polar surface area (TPSA) is 78.9 Å². The maximum Gasteiger partial charge on any atom is 0.474 e. The summed E-state index contributed by atoms with van der Waals surface area (Å²) in [5, 5.41) is -0.0778. The van der Waals surface area contributed by atoms with Gasteiger partial charge in [0.1, 0.15) is 0 Å². The Balaban J connectivity index is 4.51. The Labute approximate surface area is 179 Å². The highest BCUT2D eigenvalue weighted by Gasteiger charge is 2.26. The Hall–Kier alpha value is 0.150. The lowest BCUT2D eigenvalue weighted by molar-refractivity contribution is -0.112. The van der Waals surface area contributed by atoms with Gasteiger partial charge in [-0.15, -0.1) is 0 Å². The third-order valence-corrected chi connectivity index (χ3v) is 7.83. The third-order valence-electron chi connectivity index (χ3n) is 4.06. The van der Waals surface area contributed by atoms with Gasteiger partial charge in [-0.2, -0.15) is 0 Å². The monoisotopic (exact) mass is 456 g/mol. The summed E-state index contributed by atoms with van der Waals surface area (Å²) in [6, 6.07) is 0. The van der Waals surface area contributed by atoms with Crippen LogP contribution in [0.5, 0.6) is 0 Å². The maximum atomic E-state index is 12.3. The Morgan fingerprint density at radius 3 is 1.89 bits per heavy atom. The summed E-state index contributed by atoms with van der Waals surface area (Å²) in [4.78, 5) is 24.3. The molecule has 0 unspecified atom stereocenters. The van der Waals surface area contributed by atoms with Gasteiger partial charge in [-0.3, -0.25) is 23.2 Å². The van der Waals surface area contributed by atoms with Crippen molar-refractivity contribution in [1.29, 1.82) is 0 Å². The van der Waals surface area contributed by atoms with Crippen molar-refractivity contribution >= 4 is 41.6 Å². The average molecular weight is 457 g/mol. The first-order chi connectivity index (χ1) is 13.4. The molecule has 0 aliphatic rings. The number of carbonyl (C=O) groups is 2. The minimum Gasteiger partial charge on any atom is -0.290 e. The molecule has 0 heterocycles. The van der Waals surface area contributed by atoms with Crippen LogP contribution in [-0.2, 0) is 27.7 Å². The van der Waals surface area contributed by atoms with Crippen LogP contribution in [0.4, 0.5) is 0 Å². The van der Waals surface area contributed by atoms with E-state index in [-0.39, 0.29) is 22.1 Å². The quantitative estimate of drug-likeness (QED) is 0.177. The van der Waals surface area contributed by atoms with Crippen molar-refractivity contribution in [2.24, 2.45) is 0 Å². The molecule has 0 rings (SSSR count). The molecule has 0 fully saturated rings. The third kappa shape index (κ3) is 15.1. The van der Waals surface area contributed by atoms with Crippen LogP contribution in [0.1, 0.15) is 78.1 Å². The number of phosphoric acid groups is 1. The van der Waals surface area contributed by atoms with Gasteiger partial charge in [0.05, 0.1) is 6.61 Å². The van der Waals surface area contributed by atoms with Gasteiger partial charge in [0, 0.05) is 38.1 Å². The van der Waals surface area contributed by atoms with Crippen LogP contribution < -0.4 is 0 Å². The standard InChI is InChI=1S/C19H37O6PS2/c1-5-7-9-11-13-18(20)27-16-17(15-25-26(22,23-3)24-4)28-19(21)14-12-10-8-6-2/h17H,5-16H2,1-4H3/t17-/m0/s1. The van der Waals surface area contributed by atoms with Gasteiger partial charge >= 0.3 is 7.82 Å². The fourth-order valence-electron chi connectivity index (χ4n) is 2.37. The molecule has 0 aromatic heterocycles. The second-order valence-electron chi connectivity index (χ2n) is 6.52. The van der Waals surface area contributed by atoms with Crippen molar-refractivity contribution in [3.05, 3.63) is 0 Å². The van der Waals surface area contributed by atoms with Crippen molar-refractivity contribution < 1.29 is 27.7 Å². The first kappa shape index (κ1) is 28.1. The molecule has 1 atom stereocenters. The fourth-order valence-corrected chi connectivity index (χ4v) is 5.19. The molecule has 0 bridgehead atoms. The molecule has 166 valence electrons. The van der Waals surface area contributed by atoms with E-state index in [0.717, 1.165) is 51.4 Å². The van der Waals surface area contributed by atoms with Crippen molar-refractivity contribution in [3.63, 3.8) is 0 Å². The number of unbranched alkanes of at least 4 members (excludes halogenated alkanes) is 6. The van der Waals surface area contributed by atoms with Gasteiger partial charge < -0.3 is 0 Å². The zero-order valence-corrected chi connectivity index (χ0v) is 20.3. The lowest BCUT2D eigenvalue weighted by Gasteiger charge is -2.18. The molecule has 0 spiro atoms. The number of thioether (sulfide) groups is 2. The second kappa shape index (κ2) is 18.0. The van der Waals surface area contributed by atoms with Crippen molar-refractivity contribution in [1.82, 2.24) is 0 Å². The highest BCUT2D eigenvalue weighted by atomic mass is 32.2. The van der Waals surface area contributed by atoms with Gasteiger partial charge in [0.25, 0.3) is 0 Å². The molecule has 0 aliphatic heterocycles. The van der Waals surface area contributed by atoms with E-state index in [0.29, 0.717) is 18.6 Å². The van der Waals surface area contributed by atoms with E-state index in [9.17, 15) is 14.2 Å². The predicted molar refractivity (Wildman–Crippen MR) is 119 cm³/mol. The number of carbonyl (C=O) groups excluding carboxylic acids is 2. The Bertz CT molecular complexity index is 467. The molecule has 6 nitrogen and oxygen atoms in total. The van der Waals surface area contributed by atoms with Gasteiger partial charge in [-0.25, -0.2) is 4.57 Å². The lowest BCUT2D eigenvalue weighted by atomic mass is 10.2. The Morgan fingerprint density at radius 2 is 1.39 bits per heavy atom. The van der Waals surface area contributed by atoms with Crippen LogP contribution >= 0.6 is 31.3 Å². The molecule has 0 aromatic rings. The molecule has 0 N–H and O–H groups in total. The summed E-state index contributed by atoms with van der Waals surface area (Å²) < 4.78 is 26.9. The van der Waals surface area contributed by atoms with E-state index >= 15 is 0 Å². The molecular weight excluding hydrogens is 419 g/mol. The number of rotatable bonds is 18. The maximum absolute atomic E-state index is 12.3. The van der Waals surface area contributed by atoms with Gasteiger partial charge in [-0.1, -0.05) is 75.9 Å². The van der Waals surface area contributed by atoms with Crippen LogP contribution in [0.3, 0.4) is 0 Å². The first-order valence-corrected chi connectivity index (χ1v) is 13.4. The van der Waals surface area contributed by atoms with E-state index in [1.807, 2.05) is 0 Å². The normalized spacial score (nSPS) is 12.9. The minimum atomic E-state index is -3.60. The molecule has 0 aliphatic carbocycles. The van der Waals surface area contributed by atoms with E-state index < -0.39 is 7.82 Å². The SMILES string of the molecule is CCCCCCC(=O)SC[C@H](COP(=O)(OC)OC)SC(=O)CCCCCC. The highest BCUT2D eigenvalue weighted by Crippen LogP contribution is 2.48. The van der Waals surface area contributed by atoms with Gasteiger partial charge in [0.15, 0.2) is 10.2 Å². The summed E-state index contributed by atoms with van der Waals surface area (Å²) >= 11 is 2.39. The predicted octanol–water partition coefficient (Wildman–Crippen LogP) is 6.23. The van der Waals surface area contributed by atoms with E-state index in [2.05, 4.69) is 13.8 Å². The zero-order valence-electron chi connectivity index (χ0n) is 17.8. The minimum absolute atomic E-state index is 0.0282. The van der Waals surface area contributed by atoms with Crippen molar-refractivity contribution in [3.8, 4) is 0 Å². The summed E-state index contributed by atoms with van der Waals surface area (Å²) in [6.07, 6.45) is 9.43. The molecule has 9 heteroatoms. The first-order valence-electron chi connectivity index (χ1n) is 10.1. The Morgan fingerprint density at radius 1 is 0.857 bits per heavy atom. The van der Waals surface area contributed by atoms with Gasteiger partial charge in [-0.05, 0) is 12.8 Å². The van der Waals surface area contributed by atoms with Crippen molar-refractivity contribution in [2.45, 2.75) is 83.3 Å². The van der Waals surface area contributed by atoms with Crippen LogP contribution in [0.15, 0.2) is 0 Å². The second-order valence-corrected chi connectivity index (χ2v) is 10.8. The van der Waals surface area contributed by atoms with E-state index in [1.54, 1.807) is 0 Å². The molecule has 0 saturated heterocycles. The Kier molecular flexibility index (Phi) is 18.1. The molecular formula is C19H37O6PS2. The molecule has 28 heavy (non-hydrogen) atoms. The number of hydrogen-bond donors (Lipinski definition) is 0. The smallest absolute Gasteiger partial charge is 0.290 e. The van der Waals surface area contributed by atoms with Crippen LogP contribution in [0.25, 0.3) is 0 Å². The van der Waals surface area contributed by atoms with Crippen LogP contribution in [0.2, 0.25) is 0 Å². The summed E-state index contributed by atoms with van der Waals surface area (Å²) in [6.45, 7) is 4.29. The summed E-state index contributed by atoms with van der Waals surface area (Å²) in [7, 11) is -1.10. The van der Waals surface area contributed by atoms with Crippen LogP contribution in [0, 0.1) is 0 Å². The van der Waals surface area contributed by atoms with Crippen LogP contribution in [-0.4, -0.2) is 42.1 Å². The molecule has 0 amide bonds. The summed E-state index contributed by atoms with van der Waals surface area (Å²) in [5.74, 6) is 0.436. The zero-order chi connectivity index (χ0) is 21.3.